The molecule has 0 bridgehead atoms. The van der Waals surface area contributed by atoms with Gasteiger partial charge in [0.15, 0.2) is 6.29 Å². The van der Waals surface area contributed by atoms with E-state index < -0.39 is 30.7 Å². The van der Waals surface area contributed by atoms with Gasteiger partial charge in [-0.05, 0) is 16.7 Å². The number of rotatable bonds is 13. The molecular weight excluding hydrogens is 456 g/mol. The van der Waals surface area contributed by atoms with Crippen molar-refractivity contribution < 1.29 is 28.8 Å². The zero-order valence-corrected chi connectivity index (χ0v) is 20.4. The average Bonchev–Trinajstić information content (AvgIpc) is 2.93. The summed E-state index contributed by atoms with van der Waals surface area (Å²) < 4.78 is 30.6. The van der Waals surface area contributed by atoms with E-state index in [1.165, 1.54) is 0 Å². The number of aliphatic hydroxyl groups excluding tert-OH is 1. The Balaban J connectivity index is 1.51. The second-order valence-electron chi connectivity index (χ2n) is 8.68. The highest BCUT2D eigenvalue weighted by atomic mass is 16.7. The van der Waals surface area contributed by atoms with Crippen LogP contribution >= 0.6 is 0 Å². The molecule has 36 heavy (non-hydrogen) atoms. The first-order valence-corrected chi connectivity index (χ1v) is 12.2. The molecule has 1 aliphatic heterocycles. The number of aliphatic hydroxyl groups is 1. The van der Waals surface area contributed by atoms with Crippen LogP contribution in [0.25, 0.3) is 0 Å². The van der Waals surface area contributed by atoms with Gasteiger partial charge >= 0.3 is 0 Å². The summed E-state index contributed by atoms with van der Waals surface area (Å²) >= 11 is 0. The van der Waals surface area contributed by atoms with Gasteiger partial charge in [-0.15, -0.1) is 6.58 Å². The van der Waals surface area contributed by atoms with Gasteiger partial charge in [-0.2, -0.15) is 0 Å². The molecule has 1 N–H and O–H groups in total. The van der Waals surface area contributed by atoms with Crippen LogP contribution in [0.15, 0.2) is 104 Å². The molecular formula is C30H34O6. The molecule has 1 heterocycles. The molecule has 6 heteroatoms. The Kier molecular flexibility index (Phi) is 10.2. The van der Waals surface area contributed by atoms with E-state index in [2.05, 4.69) is 6.58 Å². The minimum absolute atomic E-state index is 0.236. The van der Waals surface area contributed by atoms with Crippen LogP contribution in [0, 0.1) is 0 Å². The van der Waals surface area contributed by atoms with Crippen molar-refractivity contribution in [3.05, 3.63) is 120 Å². The van der Waals surface area contributed by atoms with Crippen LogP contribution in [-0.4, -0.2) is 49.0 Å². The first kappa shape index (κ1) is 26.2. The normalized spacial score (nSPS) is 23.9. The van der Waals surface area contributed by atoms with Crippen LogP contribution in [0.3, 0.4) is 0 Å². The summed E-state index contributed by atoms with van der Waals surface area (Å²) in [7, 11) is 0. The lowest BCUT2D eigenvalue weighted by atomic mass is 9.98. The van der Waals surface area contributed by atoms with Gasteiger partial charge in [0, 0.05) is 0 Å². The monoisotopic (exact) mass is 490 g/mol. The topological polar surface area (TPSA) is 66.4 Å². The first-order chi connectivity index (χ1) is 17.7. The van der Waals surface area contributed by atoms with Crippen LogP contribution in [0.2, 0.25) is 0 Å². The maximum Gasteiger partial charge on any atom is 0.187 e. The number of benzene rings is 3. The summed E-state index contributed by atoms with van der Waals surface area (Å²) in [6.45, 7) is 5.29. The van der Waals surface area contributed by atoms with Gasteiger partial charge in [-0.3, -0.25) is 0 Å². The van der Waals surface area contributed by atoms with Gasteiger partial charge in [0.05, 0.1) is 33.0 Å². The number of hydrogen-bond acceptors (Lipinski definition) is 6. The van der Waals surface area contributed by atoms with Crippen molar-refractivity contribution in [1.29, 1.82) is 0 Å². The van der Waals surface area contributed by atoms with Crippen molar-refractivity contribution in [2.45, 2.75) is 50.5 Å². The van der Waals surface area contributed by atoms with Crippen molar-refractivity contribution in [3.63, 3.8) is 0 Å². The van der Waals surface area contributed by atoms with E-state index >= 15 is 0 Å². The Morgan fingerprint density at radius 3 is 1.72 bits per heavy atom. The molecule has 0 aromatic heterocycles. The standard InChI is InChI=1S/C30H34O6/c1-2-18-33-30-27(31)29(35-21-25-16-10-5-11-17-25)28(34-20-24-14-8-4-9-15-24)26(36-30)22-32-19-23-12-6-3-7-13-23/h2-17,26-31H,1,18-22H2/t26?,27?,28-,29?,30?/m1/s1. The van der Waals surface area contributed by atoms with Crippen molar-refractivity contribution >= 4 is 0 Å². The zero-order chi connectivity index (χ0) is 25.0. The van der Waals surface area contributed by atoms with Crippen LogP contribution in [-0.2, 0) is 43.5 Å². The van der Waals surface area contributed by atoms with E-state index in [9.17, 15) is 5.11 Å². The molecule has 190 valence electrons. The van der Waals surface area contributed by atoms with Gasteiger partial charge in [0.1, 0.15) is 24.4 Å². The summed E-state index contributed by atoms with van der Waals surface area (Å²) in [5, 5.41) is 11.2. The first-order valence-electron chi connectivity index (χ1n) is 12.2. The molecule has 5 atom stereocenters. The molecule has 6 nitrogen and oxygen atoms in total. The molecule has 0 radical (unpaired) electrons. The summed E-state index contributed by atoms with van der Waals surface area (Å²) in [6.07, 6.45) is -2.12. The highest BCUT2D eigenvalue weighted by molar-refractivity contribution is 5.15. The van der Waals surface area contributed by atoms with Gasteiger partial charge in [-0.1, -0.05) is 97.1 Å². The molecule has 3 aromatic carbocycles. The van der Waals surface area contributed by atoms with Gasteiger partial charge in [0.2, 0.25) is 0 Å². The second kappa shape index (κ2) is 14.0. The lowest BCUT2D eigenvalue weighted by molar-refractivity contribution is -0.316. The Hall–Kier alpha value is -2.84. The van der Waals surface area contributed by atoms with Crippen LogP contribution < -0.4 is 0 Å². The summed E-state index contributed by atoms with van der Waals surface area (Å²) in [5.41, 5.74) is 3.08. The highest BCUT2D eigenvalue weighted by Crippen LogP contribution is 2.29. The molecule has 1 saturated heterocycles. The van der Waals surface area contributed by atoms with Crippen molar-refractivity contribution in [1.82, 2.24) is 0 Å². The van der Waals surface area contributed by atoms with Crippen molar-refractivity contribution in [2.24, 2.45) is 0 Å². The van der Waals surface area contributed by atoms with Gasteiger partial charge in [-0.25, -0.2) is 0 Å². The molecule has 0 saturated carbocycles. The van der Waals surface area contributed by atoms with Crippen molar-refractivity contribution in [2.75, 3.05) is 13.2 Å². The lowest BCUT2D eigenvalue weighted by Gasteiger charge is -2.44. The maximum atomic E-state index is 11.2. The molecule has 1 fully saturated rings. The smallest absolute Gasteiger partial charge is 0.187 e. The van der Waals surface area contributed by atoms with E-state index in [0.29, 0.717) is 19.8 Å². The molecule has 4 rings (SSSR count). The van der Waals surface area contributed by atoms with E-state index in [0.717, 1.165) is 16.7 Å². The fraction of sp³-hybridized carbons (Fsp3) is 0.333. The van der Waals surface area contributed by atoms with Crippen LogP contribution in [0.1, 0.15) is 16.7 Å². The number of hydrogen-bond donors (Lipinski definition) is 1. The fourth-order valence-corrected chi connectivity index (χ4v) is 4.12. The highest BCUT2D eigenvalue weighted by Gasteiger charge is 2.47. The predicted octanol–water partition coefficient (Wildman–Crippen LogP) is 4.66. The quantitative estimate of drug-likeness (QED) is 0.352. The van der Waals surface area contributed by atoms with E-state index in [4.69, 9.17) is 23.7 Å². The second-order valence-corrected chi connectivity index (χ2v) is 8.68. The van der Waals surface area contributed by atoms with Gasteiger partial charge < -0.3 is 28.8 Å². The Bertz CT molecular complexity index is 1010. The molecule has 0 spiro atoms. The largest absolute Gasteiger partial charge is 0.385 e. The van der Waals surface area contributed by atoms with E-state index in [-0.39, 0.29) is 13.2 Å². The minimum Gasteiger partial charge on any atom is -0.385 e. The van der Waals surface area contributed by atoms with E-state index in [1.807, 2.05) is 91.0 Å². The Labute approximate surface area is 213 Å². The van der Waals surface area contributed by atoms with Crippen LogP contribution in [0.4, 0.5) is 0 Å². The lowest BCUT2D eigenvalue weighted by Crippen LogP contribution is -2.61. The predicted molar refractivity (Wildman–Crippen MR) is 137 cm³/mol. The zero-order valence-electron chi connectivity index (χ0n) is 20.4. The Morgan fingerprint density at radius 1 is 0.694 bits per heavy atom. The van der Waals surface area contributed by atoms with Crippen LogP contribution in [0.5, 0.6) is 0 Å². The third-order valence-corrected chi connectivity index (χ3v) is 5.96. The van der Waals surface area contributed by atoms with E-state index in [1.54, 1.807) is 6.08 Å². The summed E-state index contributed by atoms with van der Waals surface area (Å²) in [6, 6.07) is 29.7. The summed E-state index contributed by atoms with van der Waals surface area (Å²) in [4.78, 5) is 0. The maximum absolute atomic E-state index is 11.2. The minimum atomic E-state index is -1.06. The Morgan fingerprint density at radius 2 is 1.19 bits per heavy atom. The van der Waals surface area contributed by atoms with Crippen molar-refractivity contribution in [3.8, 4) is 0 Å². The SMILES string of the molecule is C=CCOC1OC(COCc2ccccc2)[C@@H](OCc2ccccc2)C(OCc2ccccc2)C1O. The third-order valence-electron chi connectivity index (χ3n) is 5.96. The number of ether oxygens (including phenoxy) is 5. The third kappa shape index (κ3) is 7.58. The fourth-order valence-electron chi connectivity index (χ4n) is 4.12. The van der Waals surface area contributed by atoms with Gasteiger partial charge in [0.25, 0.3) is 0 Å². The molecule has 3 aromatic rings. The molecule has 1 aliphatic rings. The molecule has 4 unspecified atom stereocenters. The average molecular weight is 491 g/mol. The molecule has 0 amide bonds. The molecule has 0 aliphatic carbocycles. The summed E-state index contributed by atoms with van der Waals surface area (Å²) in [5.74, 6) is 0.